The molecule has 22 heavy (non-hydrogen) atoms. The third kappa shape index (κ3) is 5.16. The Hall–Kier alpha value is -2.44. The second-order valence-electron chi connectivity index (χ2n) is 4.60. The van der Waals surface area contributed by atoms with Crippen LogP contribution in [-0.2, 0) is 4.79 Å². The highest BCUT2D eigenvalue weighted by Gasteiger charge is 2.12. The Balaban J connectivity index is 2.53. The van der Waals surface area contributed by atoms with Gasteiger partial charge in [-0.2, -0.15) is 0 Å². The fourth-order valence-corrected chi connectivity index (χ4v) is 1.88. The molecule has 120 valence electrons. The van der Waals surface area contributed by atoms with Gasteiger partial charge in [0.25, 0.3) is 0 Å². The number of rotatable bonds is 10. The zero-order chi connectivity index (χ0) is 16.4. The lowest BCUT2D eigenvalue weighted by molar-refractivity contribution is -0.120. The lowest BCUT2D eigenvalue weighted by atomic mass is 10.1. The molecule has 0 spiro atoms. The predicted molar refractivity (Wildman–Crippen MR) is 81.9 cm³/mol. The summed E-state index contributed by atoms with van der Waals surface area (Å²) in [5.41, 5.74) is 0.176. The van der Waals surface area contributed by atoms with Crippen molar-refractivity contribution < 1.29 is 19.1 Å². The second kappa shape index (κ2) is 9.49. The first-order chi connectivity index (χ1) is 10.7. The summed E-state index contributed by atoms with van der Waals surface area (Å²) in [6.45, 7) is 0.419. The van der Waals surface area contributed by atoms with Gasteiger partial charge in [0.05, 0.1) is 13.7 Å². The minimum Gasteiger partial charge on any atom is -0.493 e. The summed E-state index contributed by atoms with van der Waals surface area (Å²) in [7, 11) is 3.06. The molecule has 1 aromatic carbocycles. The molecule has 1 rings (SSSR count). The Bertz CT molecular complexity index is 531. The maximum Gasteiger partial charge on any atom is 0.219 e. The van der Waals surface area contributed by atoms with E-state index in [0.717, 1.165) is 19.3 Å². The first-order valence-corrected chi connectivity index (χ1v) is 7.00. The highest BCUT2D eigenvalue weighted by atomic mass is 16.5. The number of ether oxygens (including phenoxy) is 2. The first kappa shape index (κ1) is 17.6. The van der Waals surface area contributed by atoms with Crippen molar-refractivity contribution in [2.45, 2.75) is 25.7 Å². The van der Waals surface area contributed by atoms with Gasteiger partial charge in [-0.05, 0) is 30.5 Å². The molecular formula is C15H20N2O5. The van der Waals surface area contributed by atoms with Gasteiger partial charge in [-0.25, -0.2) is 0 Å². The number of benzene rings is 1. The SMILES string of the molecule is CNC(=O)CCCCCOc1cc(N=O)c(C=O)cc1OC. The van der Waals surface area contributed by atoms with E-state index in [1.54, 1.807) is 7.05 Å². The Morgan fingerprint density at radius 3 is 2.64 bits per heavy atom. The summed E-state index contributed by atoms with van der Waals surface area (Å²) in [4.78, 5) is 32.6. The van der Waals surface area contributed by atoms with E-state index >= 15 is 0 Å². The van der Waals surface area contributed by atoms with Gasteiger partial charge in [-0.15, -0.1) is 4.91 Å². The first-order valence-electron chi connectivity index (χ1n) is 7.00. The van der Waals surface area contributed by atoms with Crippen LogP contribution in [0, 0.1) is 4.91 Å². The smallest absolute Gasteiger partial charge is 0.219 e. The lowest BCUT2D eigenvalue weighted by Gasteiger charge is -2.11. The van der Waals surface area contributed by atoms with Crippen LogP contribution in [0.2, 0.25) is 0 Å². The summed E-state index contributed by atoms with van der Waals surface area (Å²) in [5, 5.41) is 5.37. The minimum absolute atomic E-state index is 0.0189. The van der Waals surface area contributed by atoms with Crippen molar-refractivity contribution >= 4 is 17.9 Å². The van der Waals surface area contributed by atoms with E-state index in [4.69, 9.17) is 9.47 Å². The van der Waals surface area contributed by atoms with Crippen molar-refractivity contribution in [1.82, 2.24) is 5.32 Å². The standard InChI is InChI=1S/C15H20N2O5/c1-16-15(19)6-4-3-5-7-22-14-9-12(17-20)11(10-18)8-13(14)21-2/h8-10H,3-7H2,1-2H3,(H,16,19). The van der Waals surface area contributed by atoms with E-state index in [-0.39, 0.29) is 17.2 Å². The van der Waals surface area contributed by atoms with Crippen LogP contribution < -0.4 is 14.8 Å². The van der Waals surface area contributed by atoms with E-state index < -0.39 is 0 Å². The third-order valence-corrected chi connectivity index (χ3v) is 3.12. The van der Waals surface area contributed by atoms with Crippen LogP contribution in [0.25, 0.3) is 0 Å². The average Bonchev–Trinajstić information content (AvgIpc) is 2.56. The molecule has 0 saturated heterocycles. The number of unbranched alkanes of at least 4 members (excludes halogenated alkanes) is 2. The monoisotopic (exact) mass is 308 g/mol. The maximum absolute atomic E-state index is 11.1. The quantitative estimate of drug-likeness (QED) is 0.407. The van der Waals surface area contributed by atoms with Gasteiger partial charge in [0.2, 0.25) is 5.91 Å². The summed E-state index contributed by atoms with van der Waals surface area (Å²) >= 11 is 0. The average molecular weight is 308 g/mol. The van der Waals surface area contributed by atoms with Gasteiger partial charge < -0.3 is 14.8 Å². The highest BCUT2D eigenvalue weighted by Crippen LogP contribution is 2.34. The molecule has 7 nitrogen and oxygen atoms in total. The molecule has 0 bridgehead atoms. The third-order valence-electron chi connectivity index (χ3n) is 3.12. The van der Waals surface area contributed by atoms with Crippen LogP contribution in [0.5, 0.6) is 11.5 Å². The molecular weight excluding hydrogens is 288 g/mol. The number of nitroso groups, excluding NO2 is 1. The van der Waals surface area contributed by atoms with E-state index in [1.165, 1.54) is 19.2 Å². The van der Waals surface area contributed by atoms with Crippen molar-refractivity contribution in [3.63, 3.8) is 0 Å². The van der Waals surface area contributed by atoms with Crippen LogP contribution in [0.4, 0.5) is 5.69 Å². The van der Waals surface area contributed by atoms with Crippen molar-refractivity contribution in [3.8, 4) is 11.5 Å². The molecule has 1 aromatic rings. The normalized spacial score (nSPS) is 9.91. The summed E-state index contributed by atoms with van der Waals surface area (Å²) < 4.78 is 10.7. The largest absolute Gasteiger partial charge is 0.493 e. The highest BCUT2D eigenvalue weighted by molar-refractivity contribution is 5.84. The van der Waals surface area contributed by atoms with Crippen molar-refractivity contribution in [2.75, 3.05) is 20.8 Å². The molecule has 0 aliphatic carbocycles. The molecule has 0 unspecified atom stereocenters. The molecule has 1 amide bonds. The lowest BCUT2D eigenvalue weighted by Crippen LogP contribution is -2.16. The van der Waals surface area contributed by atoms with Crippen LogP contribution in [0.15, 0.2) is 17.3 Å². The fraction of sp³-hybridized carbons (Fsp3) is 0.467. The fourth-order valence-electron chi connectivity index (χ4n) is 1.88. The molecule has 0 radical (unpaired) electrons. The minimum atomic E-state index is 0.0189. The predicted octanol–water partition coefficient (Wildman–Crippen LogP) is 2.59. The molecule has 0 atom stereocenters. The summed E-state index contributed by atoms with van der Waals surface area (Å²) in [5.74, 6) is 0.766. The van der Waals surface area contributed by atoms with Crippen LogP contribution >= 0.6 is 0 Å². The Labute approximate surface area is 129 Å². The van der Waals surface area contributed by atoms with E-state index in [9.17, 15) is 14.5 Å². The number of methoxy groups -OCH3 is 1. The van der Waals surface area contributed by atoms with Gasteiger partial charge in [0, 0.05) is 25.1 Å². The zero-order valence-electron chi connectivity index (χ0n) is 12.8. The number of amides is 1. The van der Waals surface area contributed by atoms with E-state index in [1.807, 2.05) is 0 Å². The molecule has 0 aliphatic rings. The Kier molecular flexibility index (Phi) is 7.60. The van der Waals surface area contributed by atoms with Crippen LogP contribution in [0.3, 0.4) is 0 Å². The van der Waals surface area contributed by atoms with E-state index in [0.29, 0.717) is 30.8 Å². The van der Waals surface area contributed by atoms with Gasteiger partial charge in [0.1, 0.15) is 5.69 Å². The van der Waals surface area contributed by atoms with Gasteiger partial charge in [-0.3, -0.25) is 9.59 Å². The van der Waals surface area contributed by atoms with Crippen molar-refractivity contribution in [2.24, 2.45) is 5.18 Å². The number of hydrogen-bond acceptors (Lipinski definition) is 6. The van der Waals surface area contributed by atoms with Crippen LogP contribution in [0.1, 0.15) is 36.0 Å². The number of carbonyl (C=O) groups excluding carboxylic acids is 2. The maximum atomic E-state index is 11.1. The Morgan fingerprint density at radius 2 is 2.05 bits per heavy atom. The number of hydrogen-bond donors (Lipinski definition) is 1. The van der Waals surface area contributed by atoms with Crippen LogP contribution in [-0.4, -0.2) is 33.0 Å². The molecule has 0 fully saturated rings. The summed E-state index contributed by atoms with van der Waals surface area (Å²) in [6, 6.07) is 2.81. The molecule has 0 aromatic heterocycles. The molecule has 0 aliphatic heterocycles. The summed E-state index contributed by atoms with van der Waals surface area (Å²) in [6.07, 6.45) is 3.43. The molecule has 7 heteroatoms. The number of nitrogens with one attached hydrogen (secondary N) is 1. The Morgan fingerprint density at radius 1 is 1.27 bits per heavy atom. The zero-order valence-corrected chi connectivity index (χ0v) is 12.8. The van der Waals surface area contributed by atoms with Gasteiger partial charge >= 0.3 is 0 Å². The van der Waals surface area contributed by atoms with Crippen molar-refractivity contribution in [3.05, 3.63) is 22.6 Å². The molecule has 1 N–H and O–H groups in total. The number of carbonyl (C=O) groups is 2. The molecule has 0 saturated carbocycles. The topological polar surface area (TPSA) is 94.1 Å². The van der Waals surface area contributed by atoms with Gasteiger partial charge in [0.15, 0.2) is 17.8 Å². The number of nitrogens with zero attached hydrogens (tertiary/aromatic N) is 1. The number of aldehydes is 1. The molecule has 0 heterocycles. The van der Waals surface area contributed by atoms with Crippen molar-refractivity contribution in [1.29, 1.82) is 0 Å². The van der Waals surface area contributed by atoms with E-state index in [2.05, 4.69) is 10.5 Å². The van der Waals surface area contributed by atoms with Gasteiger partial charge in [-0.1, -0.05) is 0 Å². The second-order valence-corrected chi connectivity index (χ2v) is 4.60.